The second-order valence-corrected chi connectivity index (χ2v) is 5.42. The molecular weight excluding hydrogens is 270 g/mol. The molecule has 0 radical (unpaired) electrons. The lowest BCUT2D eigenvalue weighted by atomic mass is 10.0. The van der Waals surface area contributed by atoms with Crippen molar-refractivity contribution < 1.29 is 19.2 Å². The molecule has 0 bridgehead atoms. The first kappa shape index (κ1) is 15.1. The van der Waals surface area contributed by atoms with Crippen molar-refractivity contribution in [2.45, 2.75) is 39.7 Å². The van der Waals surface area contributed by atoms with Crippen LogP contribution in [0.2, 0.25) is 0 Å². The Balaban J connectivity index is 2.49. The molecule has 1 heterocycles. The molecule has 1 N–H and O–H groups in total. The monoisotopic (exact) mass is 289 g/mol. The molecule has 0 aliphatic heterocycles. The number of hydrogen-bond donors (Lipinski definition) is 1. The van der Waals surface area contributed by atoms with Crippen LogP contribution in [0.4, 0.5) is 0 Å². The van der Waals surface area contributed by atoms with E-state index in [1.54, 1.807) is 12.1 Å². The van der Waals surface area contributed by atoms with E-state index in [4.69, 9.17) is 9.26 Å². The van der Waals surface area contributed by atoms with Gasteiger partial charge in [0.15, 0.2) is 5.76 Å². The fraction of sp³-hybridized carbons (Fsp3) is 0.375. The van der Waals surface area contributed by atoms with Crippen LogP contribution < -0.4 is 4.74 Å². The topological polar surface area (TPSA) is 72.6 Å². The molecule has 0 unspecified atom stereocenters. The molecule has 0 spiro atoms. The van der Waals surface area contributed by atoms with Crippen molar-refractivity contribution in [2.75, 3.05) is 0 Å². The van der Waals surface area contributed by atoms with E-state index in [9.17, 15) is 9.90 Å². The molecule has 1 aromatic heterocycles. The lowest BCUT2D eigenvalue weighted by molar-refractivity contribution is 0.0694. The zero-order valence-electron chi connectivity index (χ0n) is 12.6. The fourth-order valence-electron chi connectivity index (χ4n) is 2.09. The zero-order chi connectivity index (χ0) is 15.6. The van der Waals surface area contributed by atoms with Crippen molar-refractivity contribution in [1.29, 1.82) is 0 Å². The van der Waals surface area contributed by atoms with Crippen LogP contribution in [0.1, 0.15) is 49.7 Å². The Labute approximate surface area is 123 Å². The van der Waals surface area contributed by atoms with E-state index in [1.807, 2.05) is 39.8 Å². The van der Waals surface area contributed by atoms with Crippen LogP contribution in [0, 0.1) is 0 Å². The van der Waals surface area contributed by atoms with Gasteiger partial charge in [0, 0.05) is 11.5 Å². The summed E-state index contributed by atoms with van der Waals surface area (Å²) in [6.07, 6.45) is 0.0442. The number of benzene rings is 1. The van der Waals surface area contributed by atoms with Crippen LogP contribution in [-0.4, -0.2) is 22.3 Å². The molecule has 0 aliphatic carbocycles. The van der Waals surface area contributed by atoms with Gasteiger partial charge in [0.05, 0.1) is 6.10 Å². The second-order valence-electron chi connectivity index (χ2n) is 5.42. The maximum absolute atomic E-state index is 11.5. The molecule has 2 aromatic rings. The number of aromatic carboxylic acids is 1. The smallest absolute Gasteiger partial charge is 0.341 e. The van der Waals surface area contributed by atoms with Gasteiger partial charge < -0.3 is 14.4 Å². The standard InChI is InChI=1S/C16H19NO4/c1-9(2)15-13(16(18)19)14(17-21-15)11-6-5-7-12(8-11)20-10(3)4/h5-10H,1-4H3,(H,18,19). The Morgan fingerprint density at radius 2 is 2.00 bits per heavy atom. The van der Waals surface area contributed by atoms with Gasteiger partial charge in [-0.3, -0.25) is 0 Å². The van der Waals surface area contributed by atoms with Gasteiger partial charge in [0.1, 0.15) is 17.0 Å². The minimum absolute atomic E-state index is 0.0442. The van der Waals surface area contributed by atoms with Crippen LogP contribution in [0.5, 0.6) is 5.75 Å². The number of carbonyl (C=O) groups is 1. The Morgan fingerprint density at radius 3 is 2.57 bits per heavy atom. The molecule has 0 aliphatic rings. The minimum Gasteiger partial charge on any atom is -0.491 e. The Bertz CT molecular complexity index is 643. The first-order valence-electron chi connectivity index (χ1n) is 6.90. The maximum Gasteiger partial charge on any atom is 0.341 e. The van der Waals surface area contributed by atoms with Gasteiger partial charge in [-0.15, -0.1) is 0 Å². The van der Waals surface area contributed by atoms with E-state index in [0.717, 1.165) is 0 Å². The highest BCUT2D eigenvalue weighted by molar-refractivity contribution is 5.96. The summed E-state index contributed by atoms with van der Waals surface area (Å²) in [5.74, 6) is -0.0294. The number of ether oxygens (including phenoxy) is 1. The molecule has 0 fully saturated rings. The normalized spacial score (nSPS) is 11.1. The summed E-state index contributed by atoms with van der Waals surface area (Å²) in [6, 6.07) is 7.20. The van der Waals surface area contributed by atoms with E-state index < -0.39 is 5.97 Å². The molecule has 5 nitrogen and oxygen atoms in total. The summed E-state index contributed by atoms with van der Waals surface area (Å²) in [7, 11) is 0. The number of carboxylic acid groups (broad SMARTS) is 1. The SMILES string of the molecule is CC(C)Oc1cccc(-c2noc(C(C)C)c2C(=O)O)c1. The highest BCUT2D eigenvalue weighted by atomic mass is 16.5. The van der Waals surface area contributed by atoms with E-state index in [-0.39, 0.29) is 17.6 Å². The van der Waals surface area contributed by atoms with Gasteiger partial charge in [-0.25, -0.2) is 4.79 Å². The zero-order valence-corrected chi connectivity index (χ0v) is 12.6. The van der Waals surface area contributed by atoms with Crippen LogP contribution in [-0.2, 0) is 0 Å². The molecule has 0 amide bonds. The van der Waals surface area contributed by atoms with Crippen LogP contribution in [0.15, 0.2) is 28.8 Å². The van der Waals surface area contributed by atoms with Gasteiger partial charge in [0.2, 0.25) is 0 Å². The van der Waals surface area contributed by atoms with Crippen LogP contribution in [0.25, 0.3) is 11.3 Å². The van der Waals surface area contributed by atoms with Crippen LogP contribution >= 0.6 is 0 Å². The number of carboxylic acids is 1. The molecule has 0 saturated carbocycles. The average molecular weight is 289 g/mol. The van der Waals surface area contributed by atoms with Crippen molar-refractivity contribution in [3.8, 4) is 17.0 Å². The second kappa shape index (κ2) is 5.99. The Hall–Kier alpha value is -2.30. The predicted octanol–water partition coefficient (Wildman–Crippen LogP) is 3.95. The molecule has 21 heavy (non-hydrogen) atoms. The average Bonchev–Trinajstić information content (AvgIpc) is 2.83. The lowest BCUT2D eigenvalue weighted by Gasteiger charge is -2.10. The molecular formula is C16H19NO4. The van der Waals surface area contributed by atoms with Gasteiger partial charge in [-0.2, -0.15) is 0 Å². The molecule has 5 heteroatoms. The molecule has 0 saturated heterocycles. The minimum atomic E-state index is -1.04. The largest absolute Gasteiger partial charge is 0.491 e. The van der Waals surface area contributed by atoms with Gasteiger partial charge in [-0.05, 0) is 26.0 Å². The van der Waals surface area contributed by atoms with Gasteiger partial charge >= 0.3 is 5.97 Å². The maximum atomic E-state index is 11.5. The number of nitrogens with zero attached hydrogens (tertiary/aromatic N) is 1. The van der Waals surface area contributed by atoms with Crippen molar-refractivity contribution >= 4 is 5.97 Å². The van der Waals surface area contributed by atoms with Gasteiger partial charge in [0.25, 0.3) is 0 Å². The fourth-order valence-corrected chi connectivity index (χ4v) is 2.09. The van der Waals surface area contributed by atoms with Crippen molar-refractivity contribution in [3.63, 3.8) is 0 Å². The summed E-state index contributed by atoms with van der Waals surface area (Å²) in [4.78, 5) is 11.5. The summed E-state index contributed by atoms with van der Waals surface area (Å²) in [5.41, 5.74) is 1.12. The lowest BCUT2D eigenvalue weighted by Crippen LogP contribution is -2.06. The van der Waals surface area contributed by atoms with Crippen LogP contribution in [0.3, 0.4) is 0 Å². The highest BCUT2D eigenvalue weighted by Gasteiger charge is 2.25. The number of hydrogen-bond acceptors (Lipinski definition) is 4. The first-order chi connectivity index (χ1) is 9.90. The number of aromatic nitrogens is 1. The Kier molecular flexibility index (Phi) is 4.31. The molecule has 112 valence electrons. The quantitative estimate of drug-likeness (QED) is 0.902. The summed E-state index contributed by atoms with van der Waals surface area (Å²) >= 11 is 0. The third kappa shape index (κ3) is 3.24. The van der Waals surface area contributed by atoms with E-state index >= 15 is 0 Å². The predicted molar refractivity (Wildman–Crippen MR) is 78.8 cm³/mol. The first-order valence-corrected chi connectivity index (χ1v) is 6.90. The van der Waals surface area contributed by atoms with E-state index in [0.29, 0.717) is 22.8 Å². The highest BCUT2D eigenvalue weighted by Crippen LogP contribution is 2.31. The van der Waals surface area contributed by atoms with E-state index in [2.05, 4.69) is 5.16 Å². The van der Waals surface area contributed by atoms with Gasteiger partial charge in [-0.1, -0.05) is 31.1 Å². The third-order valence-corrected chi connectivity index (χ3v) is 2.94. The van der Waals surface area contributed by atoms with E-state index in [1.165, 1.54) is 0 Å². The number of rotatable bonds is 5. The van der Waals surface area contributed by atoms with Crippen molar-refractivity contribution in [1.82, 2.24) is 5.16 Å². The molecule has 2 rings (SSSR count). The third-order valence-electron chi connectivity index (χ3n) is 2.94. The molecule has 0 atom stereocenters. The summed E-state index contributed by atoms with van der Waals surface area (Å²) < 4.78 is 10.8. The van der Waals surface area contributed by atoms with Crippen molar-refractivity contribution in [3.05, 3.63) is 35.6 Å². The molecule has 1 aromatic carbocycles. The summed E-state index contributed by atoms with van der Waals surface area (Å²) in [6.45, 7) is 7.61. The van der Waals surface area contributed by atoms with Crippen molar-refractivity contribution in [2.24, 2.45) is 0 Å². The Morgan fingerprint density at radius 1 is 1.29 bits per heavy atom. The summed E-state index contributed by atoms with van der Waals surface area (Å²) in [5, 5.41) is 13.4.